The Bertz CT molecular complexity index is 363. The summed E-state index contributed by atoms with van der Waals surface area (Å²) in [6.45, 7) is 5.35. The highest BCUT2D eigenvalue weighted by molar-refractivity contribution is 9.10. The summed E-state index contributed by atoms with van der Waals surface area (Å²) < 4.78 is 11.9. The molecule has 0 fully saturated rings. The van der Waals surface area contributed by atoms with Crippen molar-refractivity contribution in [2.24, 2.45) is 0 Å². The van der Waals surface area contributed by atoms with Crippen LogP contribution in [0.2, 0.25) is 0 Å². The van der Waals surface area contributed by atoms with E-state index in [2.05, 4.69) is 28.2 Å². The first-order valence-electron chi connectivity index (χ1n) is 7.07. The average molecular weight is 346 g/mol. The van der Waals surface area contributed by atoms with E-state index in [1.807, 2.05) is 24.3 Å². The quantitative estimate of drug-likeness (QED) is 0.605. The second-order valence-corrected chi connectivity index (χ2v) is 5.51. The van der Waals surface area contributed by atoms with Gasteiger partial charge in [-0.05, 0) is 37.6 Å². The van der Waals surface area contributed by atoms with Gasteiger partial charge in [0, 0.05) is 24.2 Å². The zero-order valence-corrected chi connectivity index (χ0v) is 13.6. The van der Waals surface area contributed by atoms with Crippen LogP contribution in [0.3, 0.4) is 0 Å². The molecule has 0 radical (unpaired) electrons. The first kappa shape index (κ1) is 17.4. The Morgan fingerprint density at radius 1 is 1.35 bits per heavy atom. The Balaban J connectivity index is 2.01. The van der Waals surface area contributed by atoms with Gasteiger partial charge >= 0.3 is 0 Å². The highest BCUT2D eigenvalue weighted by Crippen LogP contribution is 2.17. The number of aliphatic hydroxyl groups is 1. The lowest BCUT2D eigenvalue weighted by molar-refractivity contribution is 0.103. The average Bonchev–Trinajstić information content (AvgIpc) is 2.44. The highest BCUT2D eigenvalue weighted by atomic mass is 79.9. The van der Waals surface area contributed by atoms with E-state index < -0.39 is 6.10 Å². The first-order chi connectivity index (χ1) is 9.72. The number of halogens is 1. The second kappa shape index (κ2) is 11.1. The lowest BCUT2D eigenvalue weighted by Crippen LogP contribution is -2.32. The van der Waals surface area contributed by atoms with Crippen LogP contribution in [0.5, 0.6) is 5.75 Å². The van der Waals surface area contributed by atoms with Crippen molar-refractivity contribution in [2.75, 3.05) is 32.9 Å². The van der Waals surface area contributed by atoms with Crippen LogP contribution < -0.4 is 10.1 Å². The third-order valence-electron chi connectivity index (χ3n) is 2.61. The summed E-state index contributed by atoms with van der Waals surface area (Å²) >= 11 is 3.38. The summed E-state index contributed by atoms with van der Waals surface area (Å²) in [5.41, 5.74) is 0. The van der Waals surface area contributed by atoms with Gasteiger partial charge in [0.15, 0.2) is 0 Å². The van der Waals surface area contributed by atoms with E-state index in [-0.39, 0.29) is 6.61 Å². The third-order valence-corrected chi connectivity index (χ3v) is 3.10. The predicted molar refractivity (Wildman–Crippen MR) is 84.2 cm³/mol. The summed E-state index contributed by atoms with van der Waals surface area (Å²) in [5, 5.41) is 13.0. The summed E-state index contributed by atoms with van der Waals surface area (Å²) in [5.74, 6) is 0.756. The van der Waals surface area contributed by atoms with Gasteiger partial charge in [-0.2, -0.15) is 0 Å². The van der Waals surface area contributed by atoms with E-state index >= 15 is 0 Å². The molecule has 4 nitrogen and oxygen atoms in total. The number of benzene rings is 1. The fourth-order valence-corrected chi connectivity index (χ4v) is 2.00. The molecule has 1 aromatic rings. The van der Waals surface area contributed by atoms with Gasteiger partial charge in [0.1, 0.15) is 18.5 Å². The monoisotopic (exact) mass is 345 g/mol. The molecule has 0 amide bonds. The van der Waals surface area contributed by atoms with Crippen molar-refractivity contribution < 1.29 is 14.6 Å². The van der Waals surface area contributed by atoms with E-state index in [1.54, 1.807) is 0 Å². The SMILES string of the molecule is CCCOCCCNCC(O)COc1cccc(Br)c1. The van der Waals surface area contributed by atoms with Crippen LogP contribution in [0.1, 0.15) is 19.8 Å². The van der Waals surface area contributed by atoms with Crippen LogP contribution in [0.4, 0.5) is 0 Å². The summed E-state index contributed by atoms with van der Waals surface area (Å²) in [4.78, 5) is 0. The molecular weight excluding hydrogens is 322 g/mol. The van der Waals surface area contributed by atoms with Crippen LogP contribution in [-0.2, 0) is 4.74 Å². The van der Waals surface area contributed by atoms with E-state index in [1.165, 1.54) is 0 Å². The highest BCUT2D eigenvalue weighted by Gasteiger charge is 2.04. The molecule has 0 bridgehead atoms. The number of nitrogens with one attached hydrogen (secondary N) is 1. The molecule has 1 rings (SSSR count). The number of hydrogen-bond donors (Lipinski definition) is 2. The molecule has 114 valence electrons. The fraction of sp³-hybridized carbons (Fsp3) is 0.600. The second-order valence-electron chi connectivity index (χ2n) is 4.59. The summed E-state index contributed by atoms with van der Waals surface area (Å²) in [6.07, 6.45) is 1.50. The van der Waals surface area contributed by atoms with Crippen molar-refractivity contribution in [3.05, 3.63) is 28.7 Å². The lowest BCUT2D eigenvalue weighted by Gasteiger charge is -2.13. The number of aliphatic hydroxyl groups excluding tert-OH is 1. The van der Waals surface area contributed by atoms with Crippen molar-refractivity contribution in [3.63, 3.8) is 0 Å². The Labute approximate surface area is 129 Å². The Hall–Kier alpha value is -0.620. The molecule has 0 saturated heterocycles. The summed E-state index contributed by atoms with van der Waals surface area (Å²) in [7, 11) is 0. The topological polar surface area (TPSA) is 50.7 Å². The van der Waals surface area contributed by atoms with Crippen molar-refractivity contribution in [2.45, 2.75) is 25.9 Å². The number of rotatable bonds is 11. The van der Waals surface area contributed by atoms with Gasteiger partial charge in [0.25, 0.3) is 0 Å². The van der Waals surface area contributed by atoms with Gasteiger partial charge in [-0.25, -0.2) is 0 Å². The Morgan fingerprint density at radius 2 is 2.20 bits per heavy atom. The minimum atomic E-state index is -0.509. The molecule has 0 aliphatic heterocycles. The molecule has 1 atom stereocenters. The van der Waals surface area contributed by atoms with Gasteiger partial charge in [-0.3, -0.25) is 0 Å². The minimum absolute atomic E-state index is 0.287. The summed E-state index contributed by atoms with van der Waals surface area (Å²) in [6, 6.07) is 7.59. The molecule has 5 heteroatoms. The van der Waals surface area contributed by atoms with Crippen LogP contribution in [0, 0.1) is 0 Å². The molecule has 0 spiro atoms. The molecule has 0 aliphatic carbocycles. The van der Waals surface area contributed by atoms with Crippen molar-refractivity contribution in [3.8, 4) is 5.75 Å². The van der Waals surface area contributed by atoms with E-state index in [4.69, 9.17) is 9.47 Å². The van der Waals surface area contributed by atoms with Gasteiger partial charge < -0.3 is 19.9 Å². The zero-order chi connectivity index (χ0) is 14.6. The van der Waals surface area contributed by atoms with Crippen LogP contribution in [-0.4, -0.2) is 44.1 Å². The smallest absolute Gasteiger partial charge is 0.120 e. The molecule has 20 heavy (non-hydrogen) atoms. The predicted octanol–water partition coefficient (Wildman–Crippen LogP) is 2.60. The molecule has 1 aromatic carbocycles. The standard InChI is InChI=1S/C15H24BrNO3/c1-2-8-19-9-4-7-17-11-14(18)12-20-15-6-3-5-13(16)10-15/h3,5-6,10,14,17-18H,2,4,7-9,11-12H2,1H3. The molecule has 0 aromatic heterocycles. The first-order valence-corrected chi connectivity index (χ1v) is 7.86. The Kier molecular flexibility index (Phi) is 9.66. The van der Waals surface area contributed by atoms with Crippen LogP contribution in [0.25, 0.3) is 0 Å². The van der Waals surface area contributed by atoms with Crippen LogP contribution in [0.15, 0.2) is 28.7 Å². The van der Waals surface area contributed by atoms with Crippen molar-refractivity contribution >= 4 is 15.9 Å². The zero-order valence-electron chi connectivity index (χ0n) is 12.0. The maximum Gasteiger partial charge on any atom is 0.120 e. The molecule has 2 N–H and O–H groups in total. The lowest BCUT2D eigenvalue weighted by atomic mass is 10.3. The molecule has 0 saturated carbocycles. The van der Waals surface area contributed by atoms with E-state index in [9.17, 15) is 5.11 Å². The Morgan fingerprint density at radius 3 is 2.95 bits per heavy atom. The maximum absolute atomic E-state index is 9.79. The van der Waals surface area contributed by atoms with Gasteiger partial charge in [-0.15, -0.1) is 0 Å². The van der Waals surface area contributed by atoms with Gasteiger partial charge in [-0.1, -0.05) is 28.9 Å². The van der Waals surface area contributed by atoms with Gasteiger partial charge in [0.05, 0.1) is 0 Å². The van der Waals surface area contributed by atoms with E-state index in [0.29, 0.717) is 6.54 Å². The van der Waals surface area contributed by atoms with Crippen molar-refractivity contribution in [1.82, 2.24) is 5.32 Å². The van der Waals surface area contributed by atoms with Gasteiger partial charge in [0.2, 0.25) is 0 Å². The molecule has 0 aliphatic rings. The van der Waals surface area contributed by atoms with Crippen molar-refractivity contribution in [1.29, 1.82) is 0 Å². The normalized spacial score (nSPS) is 12.3. The number of ether oxygens (including phenoxy) is 2. The van der Waals surface area contributed by atoms with Crippen LogP contribution >= 0.6 is 15.9 Å². The fourth-order valence-electron chi connectivity index (χ4n) is 1.62. The molecule has 0 heterocycles. The van der Waals surface area contributed by atoms with E-state index in [0.717, 1.165) is 42.8 Å². The molecular formula is C15H24BrNO3. The maximum atomic E-state index is 9.79. The number of hydrogen-bond acceptors (Lipinski definition) is 4. The third kappa shape index (κ3) is 8.53. The molecule has 1 unspecified atom stereocenters. The minimum Gasteiger partial charge on any atom is -0.491 e. The largest absolute Gasteiger partial charge is 0.491 e.